The van der Waals surface area contributed by atoms with E-state index in [9.17, 15) is 22.8 Å². The second-order valence-corrected chi connectivity index (χ2v) is 9.08. The van der Waals surface area contributed by atoms with Gasteiger partial charge in [-0.05, 0) is 25.8 Å². The molecule has 184 valence electrons. The maximum Gasteiger partial charge on any atom is 0.266 e. The molecule has 2 aliphatic rings. The molecule has 1 atom stereocenters. The van der Waals surface area contributed by atoms with E-state index in [2.05, 4.69) is 15.3 Å². The third kappa shape index (κ3) is 3.74. The molecule has 1 N–H and O–H groups in total. The van der Waals surface area contributed by atoms with E-state index < -0.39 is 29.4 Å². The summed E-state index contributed by atoms with van der Waals surface area (Å²) in [5.74, 6) is -1.13. The number of likely N-dealkylation sites (tertiary alicyclic amines) is 1. The third-order valence-corrected chi connectivity index (χ3v) is 6.93. The van der Waals surface area contributed by atoms with Crippen LogP contribution in [0.4, 0.5) is 19.0 Å². The molecule has 0 aliphatic carbocycles. The van der Waals surface area contributed by atoms with Crippen molar-refractivity contribution in [3.63, 3.8) is 0 Å². The van der Waals surface area contributed by atoms with Crippen molar-refractivity contribution in [3.05, 3.63) is 63.5 Å². The molecule has 0 radical (unpaired) electrons. The number of fused-ring (bicyclic) bond motifs is 1. The highest BCUT2D eigenvalue weighted by Crippen LogP contribution is 2.37. The van der Waals surface area contributed by atoms with Crippen molar-refractivity contribution in [2.45, 2.75) is 37.8 Å². The van der Waals surface area contributed by atoms with Crippen molar-refractivity contribution in [1.82, 2.24) is 19.4 Å². The highest BCUT2D eigenvalue weighted by Gasteiger charge is 2.50. The molecule has 2 aliphatic heterocycles. The molecule has 0 saturated carbocycles. The SMILES string of the molecule is C[C@@H](Nc1ncnc2c1cc(C(=O)N1CCCC13COC3)c(=O)n2C)c1cccc(C(F)F)c1F. The number of carbonyl (C=O) groups excluding carboxylic acids is 1. The van der Waals surface area contributed by atoms with E-state index >= 15 is 0 Å². The van der Waals surface area contributed by atoms with Gasteiger partial charge in [0.2, 0.25) is 0 Å². The minimum atomic E-state index is -2.94. The number of halogens is 3. The Bertz CT molecular complexity index is 1370. The molecule has 5 rings (SSSR count). The van der Waals surface area contributed by atoms with Crippen LogP contribution in [0.25, 0.3) is 11.0 Å². The summed E-state index contributed by atoms with van der Waals surface area (Å²) in [5.41, 5.74) is -1.24. The van der Waals surface area contributed by atoms with Gasteiger partial charge in [-0.15, -0.1) is 0 Å². The quantitative estimate of drug-likeness (QED) is 0.592. The van der Waals surface area contributed by atoms with E-state index in [1.165, 1.54) is 36.1 Å². The number of hydrogen-bond acceptors (Lipinski definition) is 6. The molecule has 0 unspecified atom stereocenters. The van der Waals surface area contributed by atoms with Gasteiger partial charge in [0.05, 0.1) is 35.7 Å². The largest absolute Gasteiger partial charge is 0.376 e. The fourth-order valence-electron chi connectivity index (χ4n) is 4.93. The molecule has 8 nitrogen and oxygen atoms in total. The molecule has 2 fully saturated rings. The summed E-state index contributed by atoms with van der Waals surface area (Å²) in [5, 5.41) is 3.42. The van der Waals surface area contributed by atoms with Gasteiger partial charge in [0.15, 0.2) is 0 Å². The number of carbonyl (C=O) groups is 1. The van der Waals surface area contributed by atoms with Gasteiger partial charge in [-0.25, -0.2) is 23.1 Å². The fourth-order valence-corrected chi connectivity index (χ4v) is 4.93. The van der Waals surface area contributed by atoms with Gasteiger partial charge in [-0.2, -0.15) is 0 Å². The molecule has 11 heteroatoms. The smallest absolute Gasteiger partial charge is 0.266 e. The van der Waals surface area contributed by atoms with E-state index in [0.717, 1.165) is 18.9 Å². The molecule has 35 heavy (non-hydrogen) atoms. The summed E-state index contributed by atoms with van der Waals surface area (Å²) in [7, 11) is 1.51. The van der Waals surface area contributed by atoms with Crippen LogP contribution in [0.15, 0.2) is 35.4 Å². The number of nitrogens with one attached hydrogen (secondary N) is 1. The topological polar surface area (TPSA) is 89.4 Å². The summed E-state index contributed by atoms with van der Waals surface area (Å²) in [4.78, 5) is 36.7. The van der Waals surface area contributed by atoms with Gasteiger partial charge in [-0.3, -0.25) is 14.2 Å². The highest BCUT2D eigenvalue weighted by molar-refractivity contribution is 5.99. The van der Waals surface area contributed by atoms with Crippen LogP contribution < -0.4 is 10.9 Å². The van der Waals surface area contributed by atoms with Crippen LogP contribution in [-0.4, -0.2) is 50.6 Å². The van der Waals surface area contributed by atoms with E-state index in [-0.39, 0.29) is 34.0 Å². The van der Waals surface area contributed by atoms with Gasteiger partial charge in [0, 0.05) is 19.2 Å². The average molecular weight is 487 g/mol. The zero-order valence-corrected chi connectivity index (χ0v) is 19.2. The Morgan fingerprint density at radius 2 is 1.97 bits per heavy atom. The molecule has 1 aromatic carbocycles. The monoisotopic (exact) mass is 487 g/mol. The number of aromatic nitrogens is 3. The Labute approximate surface area is 198 Å². The molecule has 1 amide bonds. The predicted octanol–water partition coefficient (Wildman–Crippen LogP) is 3.58. The zero-order chi connectivity index (χ0) is 24.9. The first kappa shape index (κ1) is 23.3. The standard InChI is InChI=1S/C24H24F3N5O3/c1-13(14-5-3-6-15(18(14)25)19(26)27)30-20-16-9-17(22(33)31(2)21(16)29-12-28-20)23(34)32-8-4-7-24(32)10-35-11-24/h3,5-6,9,12-13,19H,4,7-8,10-11H2,1-2H3,(H,28,29,30)/t13-/m1/s1. The van der Waals surface area contributed by atoms with Crippen LogP contribution >= 0.6 is 0 Å². The van der Waals surface area contributed by atoms with Crippen LogP contribution in [0.1, 0.15) is 53.7 Å². The molecule has 3 aromatic rings. The minimum Gasteiger partial charge on any atom is -0.376 e. The first-order valence-electron chi connectivity index (χ1n) is 11.3. The summed E-state index contributed by atoms with van der Waals surface area (Å²) in [6, 6.07) is 4.54. The van der Waals surface area contributed by atoms with E-state index in [0.29, 0.717) is 25.1 Å². The molecule has 4 heterocycles. The number of rotatable bonds is 5. The first-order chi connectivity index (χ1) is 16.7. The van der Waals surface area contributed by atoms with Crippen molar-refractivity contribution < 1.29 is 22.7 Å². The number of alkyl halides is 2. The van der Waals surface area contributed by atoms with Crippen LogP contribution in [0.3, 0.4) is 0 Å². The summed E-state index contributed by atoms with van der Waals surface area (Å²) < 4.78 is 47.7. The van der Waals surface area contributed by atoms with E-state index in [4.69, 9.17) is 4.74 Å². The number of amides is 1. The number of pyridine rings is 1. The van der Waals surface area contributed by atoms with Gasteiger partial charge in [0.25, 0.3) is 17.9 Å². The Kier molecular flexibility index (Phi) is 5.74. The molecule has 2 aromatic heterocycles. The van der Waals surface area contributed by atoms with Gasteiger partial charge < -0.3 is 15.0 Å². The number of anilines is 1. The average Bonchev–Trinajstić information content (AvgIpc) is 3.27. The van der Waals surface area contributed by atoms with Crippen molar-refractivity contribution in [1.29, 1.82) is 0 Å². The maximum absolute atomic E-state index is 14.7. The lowest BCUT2D eigenvalue weighted by Gasteiger charge is -2.45. The number of benzene rings is 1. The molecule has 1 spiro atoms. The predicted molar refractivity (Wildman–Crippen MR) is 122 cm³/mol. The molecule has 2 saturated heterocycles. The van der Waals surface area contributed by atoms with Crippen molar-refractivity contribution in [3.8, 4) is 0 Å². The van der Waals surface area contributed by atoms with Crippen LogP contribution in [0.5, 0.6) is 0 Å². The van der Waals surface area contributed by atoms with Crippen LogP contribution in [-0.2, 0) is 11.8 Å². The molecular weight excluding hydrogens is 463 g/mol. The third-order valence-electron chi connectivity index (χ3n) is 6.93. The first-order valence-corrected chi connectivity index (χ1v) is 11.3. The van der Waals surface area contributed by atoms with Crippen LogP contribution in [0, 0.1) is 5.82 Å². The number of aryl methyl sites for hydroxylation is 1. The normalized spacial score (nSPS) is 17.7. The Hall–Kier alpha value is -3.47. The van der Waals surface area contributed by atoms with E-state index in [1.54, 1.807) is 11.8 Å². The maximum atomic E-state index is 14.7. The van der Waals surface area contributed by atoms with Crippen molar-refractivity contribution in [2.75, 3.05) is 25.1 Å². The Balaban J connectivity index is 1.54. The van der Waals surface area contributed by atoms with Gasteiger partial charge in [0.1, 0.15) is 29.2 Å². The molecular formula is C24H24F3N5O3. The van der Waals surface area contributed by atoms with Crippen molar-refractivity contribution >= 4 is 22.8 Å². The zero-order valence-electron chi connectivity index (χ0n) is 19.2. The number of nitrogens with zero attached hydrogens (tertiary/aromatic N) is 4. The highest BCUT2D eigenvalue weighted by atomic mass is 19.3. The summed E-state index contributed by atoms with van der Waals surface area (Å²) >= 11 is 0. The minimum absolute atomic E-state index is 0.0236. The van der Waals surface area contributed by atoms with Gasteiger partial charge in [-0.1, -0.05) is 18.2 Å². The lowest BCUT2D eigenvalue weighted by molar-refractivity contribution is -0.109. The summed E-state index contributed by atoms with van der Waals surface area (Å²) in [6.07, 6.45) is -0.0471. The van der Waals surface area contributed by atoms with E-state index in [1.807, 2.05) is 0 Å². The Morgan fingerprint density at radius 1 is 1.23 bits per heavy atom. The number of hydrogen-bond donors (Lipinski definition) is 1. The van der Waals surface area contributed by atoms with Crippen molar-refractivity contribution in [2.24, 2.45) is 7.05 Å². The second kappa shape index (κ2) is 8.63. The lowest BCUT2D eigenvalue weighted by atomic mass is 9.93. The second-order valence-electron chi connectivity index (χ2n) is 9.08. The Morgan fingerprint density at radius 3 is 2.66 bits per heavy atom. The molecule has 0 bridgehead atoms. The fraction of sp³-hybridized carbons (Fsp3) is 0.417. The lowest BCUT2D eigenvalue weighted by Crippen LogP contribution is -2.60. The summed E-state index contributed by atoms with van der Waals surface area (Å²) in [6.45, 7) is 3.05. The van der Waals surface area contributed by atoms with Crippen LogP contribution in [0.2, 0.25) is 0 Å². The van der Waals surface area contributed by atoms with Gasteiger partial charge >= 0.3 is 0 Å². The number of ether oxygens (including phenoxy) is 1.